The van der Waals surface area contributed by atoms with Gasteiger partial charge in [0.2, 0.25) is 0 Å². The van der Waals surface area contributed by atoms with Crippen LogP contribution in [0.4, 0.5) is 0 Å². The first-order valence-corrected chi connectivity index (χ1v) is 4.78. The van der Waals surface area contributed by atoms with Crippen LogP contribution < -0.4 is 0 Å². The van der Waals surface area contributed by atoms with Crippen molar-refractivity contribution >= 4 is 23.6 Å². The fourth-order valence-electron chi connectivity index (χ4n) is 0.967. The molecule has 1 N–H and O–H groups in total. The zero-order valence-corrected chi connectivity index (χ0v) is 7.78. The molecule has 0 aliphatic carbocycles. The Balaban J connectivity index is 2.63. The van der Waals surface area contributed by atoms with Gasteiger partial charge in [0.1, 0.15) is 4.64 Å². The smallest absolute Gasteiger partial charge is 0.113 e. The van der Waals surface area contributed by atoms with E-state index in [1.165, 1.54) is 0 Å². The highest BCUT2D eigenvalue weighted by atomic mass is 32.1. The van der Waals surface area contributed by atoms with E-state index < -0.39 is 0 Å². The minimum atomic E-state index is 0.739. The summed E-state index contributed by atoms with van der Waals surface area (Å²) in [6.07, 6.45) is 3.37. The van der Waals surface area contributed by atoms with Crippen molar-refractivity contribution < 1.29 is 0 Å². The van der Waals surface area contributed by atoms with Gasteiger partial charge in [-0.1, -0.05) is 12.2 Å². The quantitative estimate of drug-likeness (QED) is 0.707. The van der Waals surface area contributed by atoms with Crippen LogP contribution in [0.25, 0.3) is 11.1 Å². The minimum absolute atomic E-state index is 0.739. The molecule has 60 valence electrons. The molecule has 0 aromatic carbocycles. The van der Waals surface area contributed by atoms with Crippen molar-refractivity contribution in [3.63, 3.8) is 0 Å². The van der Waals surface area contributed by atoms with E-state index in [0.29, 0.717) is 0 Å². The first kappa shape index (κ1) is 7.64. The normalized spacial score (nSPS) is 10.0. The molecule has 2 nitrogen and oxygen atoms in total. The molecule has 12 heavy (non-hydrogen) atoms. The van der Waals surface area contributed by atoms with Gasteiger partial charge in [-0.15, -0.1) is 0 Å². The van der Waals surface area contributed by atoms with Crippen molar-refractivity contribution in [2.24, 2.45) is 0 Å². The van der Waals surface area contributed by atoms with Gasteiger partial charge in [-0.3, -0.25) is 0 Å². The van der Waals surface area contributed by atoms with Crippen LogP contribution in [0.5, 0.6) is 0 Å². The molecule has 4 heteroatoms. The van der Waals surface area contributed by atoms with Crippen molar-refractivity contribution in [2.75, 3.05) is 0 Å². The van der Waals surface area contributed by atoms with E-state index in [1.807, 2.05) is 11.4 Å². The molecule has 2 heterocycles. The lowest BCUT2D eigenvalue weighted by atomic mass is 10.2. The third kappa shape index (κ3) is 1.31. The predicted octanol–water partition coefficient (Wildman–Crippen LogP) is 2.87. The molecule has 2 aromatic heterocycles. The molecule has 2 rings (SSSR count). The molecule has 0 unspecified atom stereocenters. The molecular weight excluding hydrogens is 188 g/mol. The summed E-state index contributed by atoms with van der Waals surface area (Å²) >= 11 is 6.76. The molecular formula is C8H6N2S2. The predicted molar refractivity (Wildman–Crippen MR) is 52.7 cm³/mol. The van der Waals surface area contributed by atoms with Crippen LogP contribution in [-0.2, 0) is 0 Å². The Morgan fingerprint density at radius 2 is 2.42 bits per heavy atom. The molecule has 0 fully saturated rings. The zero-order chi connectivity index (χ0) is 8.39. The van der Waals surface area contributed by atoms with Gasteiger partial charge in [-0.05, 0) is 22.4 Å². The Kier molecular flexibility index (Phi) is 2.01. The fourth-order valence-corrected chi connectivity index (χ4v) is 1.85. The fraction of sp³-hybridized carbons (Fsp3) is 0. The summed E-state index contributed by atoms with van der Waals surface area (Å²) in [6.45, 7) is 0. The van der Waals surface area contributed by atoms with Gasteiger partial charge in [0.25, 0.3) is 0 Å². The lowest BCUT2D eigenvalue weighted by Crippen LogP contribution is -1.81. The number of H-pyrrole nitrogens is 1. The molecule has 0 radical (unpaired) electrons. The number of rotatable bonds is 1. The van der Waals surface area contributed by atoms with Gasteiger partial charge in [0.05, 0.1) is 6.33 Å². The topological polar surface area (TPSA) is 28.7 Å². The van der Waals surface area contributed by atoms with Crippen molar-refractivity contribution in [3.05, 3.63) is 34.0 Å². The summed E-state index contributed by atoms with van der Waals surface area (Å²) in [5.74, 6) is 0. The van der Waals surface area contributed by atoms with Gasteiger partial charge in [-0.25, -0.2) is 4.98 Å². The second-order valence-corrected chi connectivity index (χ2v) is 3.49. The molecule has 0 saturated heterocycles. The Morgan fingerprint density at radius 1 is 1.50 bits per heavy atom. The molecule has 0 saturated carbocycles. The van der Waals surface area contributed by atoms with Crippen molar-refractivity contribution in [1.29, 1.82) is 0 Å². The van der Waals surface area contributed by atoms with Crippen LogP contribution in [-0.4, -0.2) is 9.97 Å². The van der Waals surface area contributed by atoms with Crippen molar-refractivity contribution in [1.82, 2.24) is 9.97 Å². The summed E-state index contributed by atoms with van der Waals surface area (Å²) in [6, 6.07) is 2.03. The first-order chi connectivity index (χ1) is 5.88. The van der Waals surface area contributed by atoms with E-state index in [2.05, 4.69) is 15.3 Å². The van der Waals surface area contributed by atoms with E-state index in [0.717, 1.165) is 15.8 Å². The minimum Gasteiger partial charge on any atom is -0.337 e. The number of nitrogens with zero attached hydrogens (tertiary/aromatic N) is 1. The molecule has 0 aliphatic heterocycles. The van der Waals surface area contributed by atoms with Crippen molar-refractivity contribution in [2.45, 2.75) is 0 Å². The summed E-state index contributed by atoms with van der Waals surface area (Å²) in [5.41, 5.74) is 2.13. The summed E-state index contributed by atoms with van der Waals surface area (Å²) < 4.78 is 0.739. The molecule has 0 atom stereocenters. The van der Waals surface area contributed by atoms with E-state index in [-0.39, 0.29) is 0 Å². The van der Waals surface area contributed by atoms with Crippen LogP contribution in [0.15, 0.2) is 29.4 Å². The van der Waals surface area contributed by atoms with Gasteiger partial charge in [0.15, 0.2) is 0 Å². The maximum absolute atomic E-state index is 5.11. The van der Waals surface area contributed by atoms with Crippen molar-refractivity contribution in [3.8, 4) is 11.1 Å². The summed E-state index contributed by atoms with van der Waals surface area (Å²) in [4.78, 5) is 6.88. The lowest BCUT2D eigenvalue weighted by Gasteiger charge is -1.94. The highest BCUT2D eigenvalue weighted by Gasteiger charge is 1.98. The second-order valence-electron chi connectivity index (χ2n) is 2.31. The van der Waals surface area contributed by atoms with E-state index in [9.17, 15) is 0 Å². The third-order valence-electron chi connectivity index (χ3n) is 1.55. The number of thiophene rings is 1. The highest BCUT2D eigenvalue weighted by Crippen LogP contribution is 2.20. The first-order valence-electron chi connectivity index (χ1n) is 3.43. The third-order valence-corrected chi connectivity index (χ3v) is 2.57. The van der Waals surface area contributed by atoms with Gasteiger partial charge >= 0.3 is 0 Å². The van der Waals surface area contributed by atoms with Crippen LogP contribution in [0.2, 0.25) is 0 Å². The molecule has 2 aromatic rings. The molecule has 0 aliphatic rings. The average Bonchev–Trinajstić information content (AvgIpc) is 2.57. The largest absolute Gasteiger partial charge is 0.337 e. The van der Waals surface area contributed by atoms with Crippen LogP contribution in [0.3, 0.4) is 0 Å². The molecule has 0 amide bonds. The summed E-state index contributed by atoms with van der Waals surface area (Å²) in [5, 5.41) is 4.08. The van der Waals surface area contributed by atoms with Gasteiger partial charge in [-0.2, -0.15) is 11.3 Å². The number of hydrogen-bond donors (Lipinski definition) is 1. The SMILES string of the molecule is S=c1[nH]cncc1-c1ccsc1. The zero-order valence-electron chi connectivity index (χ0n) is 6.15. The monoisotopic (exact) mass is 194 g/mol. The second kappa shape index (κ2) is 3.16. The maximum Gasteiger partial charge on any atom is 0.113 e. The Hall–Kier alpha value is -1.00. The van der Waals surface area contributed by atoms with Gasteiger partial charge < -0.3 is 4.98 Å². The number of hydrogen-bond acceptors (Lipinski definition) is 3. The standard InChI is InChI=1S/C8H6N2S2/c11-8-7(3-9-5-10-8)6-1-2-12-4-6/h1-5H,(H,9,10,11). The summed E-state index contributed by atoms with van der Waals surface area (Å²) in [7, 11) is 0. The number of nitrogens with one attached hydrogen (secondary N) is 1. The Bertz CT molecular complexity index is 417. The Labute approximate surface area is 78.9 Å². The van der Waals surface area contributed by atoms with Crippen LogP contribution >= 0.6 is 23.6 Å². The highest BCUT2D eigenvalue weighted by molar-refractivity contribution is 7.71. The van der Waals surface area contributed by atoms with E-state index in [1.54, 1.807) is 23.9 Å². The van der Waals surface area contributed by atoms with Crippen LogP contribution in [0, 0.1) is 4.64 Å². The van der Waals surface area contributed by atoms with Crippen LogP contribution in [0.1, 0.15) is 0 Å². The number of aromatic nitrogens is 2. The molecule has 0 spiro atoms. The van der Waals surface area contributed by atoms with E-state index in [4.69, 9.17) is 12.2 Å². The van der Waals surface area contributed by atoms with E-state index >= 15 is 0 Å². The average molecular weight is 194 g/mol. The number of aromatic amines is 1. The lowest BCUT2D eigenvalue weighted by molar-refractivity contribution is 1.15. The Morgan fingerprint density at radius 3 is 3.08 bits per heavy atom. The maximum atomic E-state index is 5.11. The molecule has 0 bridgehead atoms. The van der Waals surface area contributed by atoms with Gasteiger partial charge in [0, 0.05) is 11.8 Å².